The summed E-state index contributed by atoms with van der Waals surface area (Å²) in [5.41, 5.74) is 9.35. The summed E-state index contributed by atoms with van der Waals surface area (Å²) in [6.07, 6.45) is 5.58. The normalized spacial score (nSPS) is 15.1. The van der Waals surface area contributed by atoms with Gasteiger partial charge in [0.25, 0.3) is 11.8 Å². The molecule has 1 aliphatic rings. The number of hydrogen-bond donors (Lipinski definition) is 2. The van der Waals surface area contributed by atoms with Gasteiger partial charge in [0.15, 0.2) is 6.10 Å². The molecule has 1 aromatic carbocycles. The molecule has 3 rings (SSSR count). The molecule has 2 aromatic rings. The van der Waals surface area contributed by atoms with E-state index in [0.717, 1.165) is 48.8 Å². The first kappa shape index (κ1) is 22.3. The van der Waals surface area contributed by atoms with E-state index < -0.39 is 12.0 Å². The zero-order valence-corrected chi connectivity index (χ0v) is 19.2. The standard InChI is InChI=1S/C24H32N2O3S/c1-14(2)17-12-11-15(3)19(13-17)29-16(4)23(28)26-24-21(22(25)27)18-9-7-5-6-8-10-20(18)30-24/h11-14,16H,5-10H2,1-4H3,(H2,25,27)(H,26,28). The van der Waals surface area contributed by atoms with Crippen molar-refractivity contribution in [1.29, 1.82) is 0 Å². The Morgan fingerprint density at radius 2 is 1.80 bits per heavy atom. The van der Waals surface area contributed by atoms with Crippen LogP contribution in [0.4, 0.5) is 5.00 Å². The largest absolute Gasteiger partial charge is 0.481 e. The minimum Gasteiger partial charge on any atom is -0.481 e. The maximum absolute atomic E-state index is 12.9. The van der Waals surface area contributed by atoms with E-state index in [1.54, 1.807) is 6.92 Å². The van der Waals surface area contributed by atoms with Gasteiger partial charge in [0, 0.05) is 4.88 Å². The molecule has 1 atom stereocenters. The molecule has 1 unspecified atom stereocenters. The van der Waals surface area contributed by atoms with Gasteiger partial charge in [-0.1, -0.05) is 38.8 Å². The lowest BCUT2D eigenvalue weighted by atomic mass is 9.96. The van der Waals surface area contributed by atoms with Gasteiger partial charge in [-0.2, -0.15) is 0 Å². The summed E-state index contributed by atoms with van der Waals surface area (Å²) < 4.78 is 5.99. The van der Waals surface area contributed by atoms with Gasteiger partial charge < -0.3 is 15.8 Å². The molecule has 5 nitrogen and oxygen atoms in total. The quantitative estimate of drug-likeness (QED) is 0.651. The second-order valence-corrected chi connectivity index (χ2v) is 9.52. The van der Waals surface area contributed by atoms with E-state index >= 15 is 0 Å². The van der Waals surface area contributed by atoms with Crippen LogP contribution in [-0.4, -0.2) is 17.9 Å². The highest BCUT2D eigenvalue weighted by Crippen LogP contribution is 2.37. The molecule has 30 heavy (non-hydrogen) atoms. The lowest BCUT2D eigenvalue weighted by Gasteiger charge is -2.18. The van der Waals surface area contributed by atoms with Crippen molar-refractivity contribution in [3.63, 3.8) is 0 Å². The van der Waals surface area contributed by atoms with Crippen molar-refractivity contribution in [2.24, 2.45) is 5.73 Å². The maximum atomic E-state index is 12.9. The summed E-state index contributed by atoms with van der Waals surface area (Å²) in [7, 11) is 0. The molecule has 1 aromatic heterocycles. The maximum Gasteiger partial charge on any atom is 0.265 e. The molecule has 0 bridgehead atoms. The number of anilines is 1. The fraction of sp³-hybridized carbons (Fsp3) is 0.500. The second-order valence-electron chi connectivity index (χ2n) is 8.42. The molecule has 0 saturated heterocycles. The zero-order valence-electron chi connectivity index (χ0n) is 18.3. The summed E-state index contributed by atoms with van der Waals surface area (Å²) in [6.45, 7) is 7.94. The van der Waals surface area contributed by atoms with Crippen molar-refractivity contribution in [2.45, 2.75) is 78.2 Å². The molecule has 1 aliphatic carbocycles. The Bertz CT molecular complexity index is 933. The van der Waals surface area contributed by atoms with Crippen LogP contribution in [0.15, 0.2) is 18.2 Å². The summed E-state index contributed by atoms with van der Waals surface area (Å²) in [5, 5.41) is 3.48. The highest BCUT2D eigenvalue weighted by atomic mass is 32.1. The number of primary amides is 1. The molecule has 0 radical (unpaired) electrons. The third-order valence-corrected chi connectivity index (χ3v) is 6.91. The van der Waals surface area contributed by atoms with E-state index in [2.05, 4.69) is 25.2 Å². The Morgan fingerprint density at radius 3 is 2.47 bits per heavy atom. The zero-order chi connectivity index (χ0) is 21.8. The Morgan fingerprint density at radius 1 is 1.10 bits per heavy atom. The van der Waals surface area contributed by atoms with Crippen molar-refractivity contribution >= 4 is 28.2 Å². The molecule has 0 aliphatic heterocycles. The van der Waals surface area contributed by atoms with Crippen molar-refractivity contribution in [3.05, 3.63) is 45.3 Å². The number of benzene rings is 1. The molecule has 6 heteroatoms. The van der Waals surface area contributed by atoms with E-state index in [9.17, 15) is 9.59 Å². The molecular formula is C24H32N2O3S. The first-order valence-corrected chi connectivity index (χ1v) is 11.6. The first-order valence-electron chi connectivity index (χ1n) is 10.8. The number of carbonyl (C=O) groups excluding carboxylic acids is 2. The van der Waals surface area contributed by atoms with Gasteiger partial charge in [-0.05, 0) is 68.2 Å². The lowest BCUT2D eigenvalue weighted by Crippen LogP contribution is -2.31. The Hall–Kier alpha value is -2.34. The lowest BCUT2D eigenvalue weighted by molar-refractivity contribution is -0.122. The van der Waals surface area contributed by atoms with Crippen LogP contribution in [0.25, 0.3) is 0 Å². The number of hydrogen-bond acceptors (Lipinski definition) is 4. The van der Waals surface area contributed by atoms with Crippen LogP contribution in [0.3, 0.4) is 0 Å². The van der Waals surface area contributed by atoms with E-state index in [0.29, 0.717) is 22.2 Å². The summed E-state index contributed by atoms with van der Waals surface area (Å²) in [4.78, 5) is 26.3. The van der Waals surface area contributed by atoms with Gasteiger partial charge in [0.05, 0.1) is 5.56 Å². The smallest absolute Gasteiger partial charge is 0.265 e. The molecule has 2 amide bonds. The van der Waals surface area contributed by atoms with Gasteiger partial charge in [0.2, 0.25) is 0 Å². The van der Waals surface area contributed by atoms with Crippen molar-refractivity contribution < 1.29 is 14.3 Å². The van der Waals surface area contributed by atoms with Gasteiger partial charge in [-0.25, -0.2) is 0 Å². The van der Waals surface area contributed by atoms with Crippen LogP contribution in [0.5, 0.6) is 5.75 Å². The second kappa shape index (κ2) is 9.65. The molecule has 0 spiro atoms. The number of nitrogens with one attached hydrogen (secondary N) is 1. The van der Waals surface area contributed by atoms with Crippen LogP contribution in [0.2, 0.25) is 0 Å². The number of ether oxygens (including phenoxy) is 1. The number of rotatable bonds is 6. The average molecular weight is 429 g/mol. The van der Waals surface area contributed by atoms with Crippen LogP contribution in [-0.2, 0) is 17.6 Å². The van der Waals surface area contributed by atoms with E-state index in [1.807, 2.05) is 19.1 Å². The Balaban J connectivity index is 1.79. The van der Waals surface area contributed by atoms with Gasteiger partial charge in [-0.15, -0.1) is 11.3 Å². The number of nitrogens with two attached hydrogens (primary N) is 1. The first-order chi connectivity index (χ1) is 14.3. The molecular weight excluding hydrogens is 396 g/mol. The topological polar surface area (TPSA) is 81.4 Å². The van der Waals surface area contributed by atoms with Gasteiger partial charge in [0.1, 0.15) is 10.8 Å². The monoisotopic (exact) mass is 428 g/mol. The van der Waals surface area contributed by atoms with E-state index in [-0.39, 0.29) is 5.91 Å². The summed E-state index contributed by atoms with van der Waals surface area (Å²) in [5.74, 6) is 0.330. The van der Waals surface area contributed by atoms with Crippen LogP contribution in [0, 0.1) is 6.92 Å². The molecule has 162 valence electrons. The third kappa shape index (κ3) is 5.04. The minimum absolute atomic E-state index is 0.277. The van der Waals surface area contributed by atoms with Crippen LogP contribution in [0.1, 0.15) is 84.3 Å². The van der Waals surface area contributed by atoms with Crippen molar-refractivity contribution in [3.8, 4) is 5.75 Å². The predicted molar refractivity (Wildman–Crippen MR) is 123 cm³/mol. The van der Waals surface area contributed by atoms with Crippen molar-refractivity contribution in [1.82, 2.24) is 0 Å². The van der Waals surface area contributed by atoms with Crippen molar-refractivity contribution in [2.75, 3.05) is 5.32 Å². The fourth-order valence-electron chi connectivity index (χ4n) is 3.83. The Kier molecular flexibility index (Phi) is 7.19. The fourth-order valence-corrected chi connectivity index (χ4v) is 5.13. The number of fused-ring (bicyclic) bond motifs is 1. The SMILES string of the molecule is Cc1ccc(C(C)C)cc1OC(C)C(=O)Nc1sc2c(c1C(N)=O)CCCCCC2. The molecule has 0 saturated carbocycles. The van der Waals surface area contributed by atoms with Gasteiger partial charge in [-0.3, -0.25) is 9.59 Å². The number of thiophene rings is 1. The molecule has 3 N–H and O–H groups in total. The van der Waals surface area contributed by atoms with Crippen LogP contribution >= 0.6 is 11.3 Å². The highest BCUT2D eigenvalue weighted by Gasteiger charge is 2.25. The molecule has 0 fully saturated rings. The molecule has 1 heterocycles. The number of aryl methyl sites for hydroxylation is 2. The number of amides is 2. The summed E-state index contributed by atoms with van der Waals surface area (Å²) in [6, 6.07) is 6.09. The average Bonchev–Trinajstić information content (AvgIpc) is 2.99. The minimum atomic E-state index is -0.698. The van der Waals surface area contributed by atoms with Crippen LogP contribution < -0.4 is 15.8 Å². The van der Waals surface area contributed by atoms with E-state index in [1.165, 1.54) is 22.6 Å². The third-order valence-electron chi connectivity index (χ3n) is 5.71. The predicted octanol–water partition coefficient (Wildman–Crippen LogP) is 5.34. The summed E-state index contributed by atoms with van der Waals surface area (Å²) >= 11 is 1.49. The van der Waals surface area contributed by atoms with E-state index in [4.69, 9.17) is 10.5 Å². The Labute approximate surface area is 183 Å². The number of carbonyl (C=O) groups is 2. The van der Waals surface area contributed by atoms with Gasteiger partial charge >= 0.3 is 0 Å². The highest BCUT2D eigenvalue weighted by molar-refractivity contribution is 7.17.